The van der Waals surface area contributed by atoms with Crippen LogP contribution in [0.1, 0.15) is 24.8 Å². The van der Waals surface area contributed by atoms with Crippen molar-refractivity contribution in [2.24, 2.45) is 23.7 Å². The van der Waals surface area contributed by atoms with Crippen LogP contribution in [0, 0.1) is 23.7 Å². The van der Waals surface area contributed by atoms with E-state index in [-0.39, 0.29) is 11.8 Å². The van der Waals surface area contributed by atoms with E-state index in [9.17, 15) is 18.0 Å². The summed E-state index contributed by atoms with van der Waals surface area (Å²) >= 11 is 0. The van der Waals surface area contributed by atoms with E-state index in [0.717, 1.165) is 31.4 Å². The Hall–Kier alpha value is -1.76. The van der Waals surface area contributed by atoms with Gasteiger partial charge in [0.25, 0.3) is 0 Å². The van der Waals surface area contributed by atoms with Crippen molar-refractivity contribution in [1.82, 2.24) is 0 Å². The predicted octanol–water partition coefficient (Wildman–Crippen LogP) is 4.07. The third-order valence-corrected chi connectivity index (χ3v) is 6.38. The molecule has 7 atom stereocenters. The highest BCUT2D eigenvalue weighted by atomic mass is 19.4. The Kier molecular flexibility index (Phi) is 3.18. The zero-order valence-electron chi connectivity index (χ0n) is 13.3. The van der Waals surface area contributed by atoms with Crippen LogP contribution < -0.4 is 5.32 Å². The highest BCUT2D eigenvalue weighted by molar-refractivity contribution is 5.84. The number of alkyl halides is 3. The number of epoxide rings is 1. The van der Waals surface area contributed by atoms with Gasteiger partial charge in [0.1, 0.15) is 6.10 Å². The molecule has 5 rings (SSSR count). The first kappa shape index (κ1) is 15.5. The lowest BCUT2D eigenvalue weighted by Gasteiger charge is -2.32. The van der Waals surface area contributed by atoms with Crippen molar-refractivity contribution in [2.45, 2.75) is 43.8 Å². The molecule has 2 bridgehead atoms. The van der Waals surface area contributed by atoms with Gasteiger partial charge in [-0.25, -0.2) is 4.79 Å². The Morgan fingerprint density at radius 2 is 2.04 bits per heavy atom. The van der Waals surface area contributed by atoms with Crippen LogP contribution >= 0.6 is 0 Å². The normalized spacial score (nSPS) is 40.5. The lowest BCUT2D eigenvalue weighted by molar-refractivity contribution is -0.137. The fraction of sp³-hybridized carbons (Fsp3) is 0.611. The quantitative estimate of drug-likeness (QED) is 0.816. The number of benzene rings is 1. The Bertz CT molecular complexity index is 722. The number of carbonyl (C=O) groups is 1. The van der Waals surface area contributed by atoms with E-state index >= 15 is 0 Å². The molecule has 1 N–H and O–H groups in total. The lowest BCUT2D eigenvalue weighted by Crippen LogP contribution is -2.35. The van der Waals surface area contributed by atoms with Crippen LogP contribution in [0.25, 0.3) is 0 Å². The second-order valence-electron chi connectivity index (χ2n) is 7.66. The van der Waals surface area contributed by atoms with Gasteiger partial charge in [-0.3, -0.25) is 5.32 Å². The maximum Gasteiger partial charge on any atom is 0.416 e. The van der Waals surface area contributed by atoms with Gasteiger partial charge in [0.15, 0.2) is 0 Å². The van der Waals surface area contributed by atoms with Crippen LogP contribution in [-0.4, -0.2) is 24.4 Å². The fourth-order valence-electron chi connectivity index (χ4n) is 5.46. The third-order valence-electron chi connectivity index (χ3n) is 6.38. The third kappa shape index (κ3) is 2.51. The van der Waals surface area contributed by atoms with E-state index in [0.29, 0.717) is 35.9 Å². The molecule has 1 heterocycles. The summed E-state index contributed by atoms with van der Waals surface area (Å²) in [4.78, 5) is 12.1. The number of hydrogen-bond donors (Lipinski definition) is 1. The minimum absolute atomic E-state index is 0.0939. The van der Waals surface area contributed by atoms with Crippen LogP contribution in [0.5, 0.6) is 0 Å². The van der Waals surface area contributed by atoms with E-state index in [1.165, 1.54) is 12.1 Å². The molecule has 1 amide bonds. The molecule has 1 aromatic carbocycles. The highest BCUT2D eigenvalue weighted by Crippen LogP contribution is 2.64. The van der Waals surface area contributed by atoms with E-state index in [4.69, 9.17) is 9.47 Å². The Labute approximate surface area is 142 Å². The molecule has 3 aliphatic carbocycles. The van der Waals surface area contributed by atoms with Crippen LogP contribution in [-0.2, 0) is 15.7 Å². The van der Waals surface area contributed by atoms with Crippen molar-refractivity contribution in [3.8, 4) is 0 Å². The standard InChI is InChI=1S/C18H18F3NO3/c19-18(20,21)9-2-1-3-10(6-9)22-17(23)25-13-5-8-4-11(13)12-7-14-16(24-14)15(8)12/h1-3,6,8,11-16H,4-5,7H2,(H,22,23)/t8-,11+,12+,13+,14+,15+,16-/m0/s1. The number of anilines is 1. The first-order valence-electron chi connectivity index (χ1n) is 8.70. The van der Waals surface area contributed by atoms with Crippen molar-refractivity contribution in [3.63, 3.8) is 0 Å². The maximum absolute atomic E-state index is 12.7. The van der Waals surface area contributed by atoms with Crippen LogP contribution in [0.2, 0.25) is 0 Å². The van der Waals surface area contributed by atoms with E-state index in [1.54, 1.807) is 0 Å². The zero-order chi connectivity index (χ0) is 17.3. The minimum Gasteiger partial charge on any atom is -0.446 e. The fourth-order valence-corrected chi connectivity index (χ4v) is 5.46. The monoisotopic (exact) mass is 353 g/mol. The molecule has 0 spiro atoms. The topological polar surface area (TPSA) is 50.9 Å². The average Bonchev–Trinajstić information content (AvgIpc) is 2.91. The van der Waals surface area contributed by atoms with Crippen molar-refractivity contribution < 1.29 is 27.4 Å². The summed E-state index contributed by atoms with van der Waals surface area (Å²) in [5, 5.41) is 2.43. The van der Waals surface area contributed by atoms with Gasteiger partial charge in [-0.1, -0.05) is 6.07 Å². The Morgan fingerprint density at radius 1 is 1.20 bits per heavy atom. The van der Waals surface area contributed by atoms with Crippen molar-refractivity contribution in [2.75, 3.05) is 5.32 Å². The number of hydrogen-bond acceptors (Lipinski definition) is 3. The van der Waals surface area contributed by atoms with Crippen molar-refractivity contribution >= 4 is 11.8 Å². The molecular formula is C18H18F3NO3. The predicted molar refractivity (Wildman–Crippen MR) is 81.8 cm³/mol. The van der Waals surface area contributed by atoms with E-state index < -0.39 is 17.8 Å². The van der Waals surface area contributed by atoms with Gasteiger partial charge in [0.2, 0.25) is 0 Å². The molecular weight excluding hydrogens is 335 g/mol. The number of rotatable bonds is 2. The number of halogens is 3. The zero-order valence-corrected chi connectivity index (χ0v) is 13.3. The first-order chi connectivity index (χ1) is 11.9. The van der Waals surface area contributed by atoms with Crippen LogP contribution in [0.3, 0.4) is 0 Å². The summed E-state index contributed by atoms with van der Waals surface area (Å²) in [5.74, 6) is 2.13. The summed E-state index contributed by atoms with van der Waals surface area (Å²) in [5.41, 5.74) is -0.699. The summed E-state index contributed by atoms with van der Waals surface area (Å²) in [6, 6.07) is 4.58. The number of amides is 1. The first-order valence-corrected chi connectivity index (χ1v) is 8.70. The molecule has 1 saturated heterocycles. The van der Waals surface area contributed by atoms with Crippen molar-refractivity contribution in [1.29, 1.82) is 0 Å². The molecule has 25 heavy (non-hydrogen) atoms. The molecule has 0 radical (unpaired) electrons. The van der Waals surface area contributed by atoms with Crippen LogP contribution in [0.4, 0.5) is 23.7 Å². The molecule has 0 aromatic heterocycles. The molecule has 3 saturated carbocycles. The molecule has 7 heteroatoms. The minimum atomic E-state index is -4.44. The van der Waals surface area contributed by atoms with E-state index in [2.05, 4.69) is 5.32 Å². The largest absolute Gasteiger partial charge is 0.446 e. The molecule has 1 aliphatic heterocycles. The number of nitrogens with one attached hydrogen (secondary N) is 1. The summed E-state index contributed by atoms with van der Waals surface area (Å²) < 4.78 is 49.4. The van der Waals surface area contributed by atoms with Gasteiger partial charge >= 0.3 is 12.3 Å². The van der Waals surface area contributed by atoms with Crippen LogP contribution in [0.15, 0.2) is 24.3 Å². The summed E-state index contributed by atoms with van der Waals surface area (Å²) in [6.07, 6.45) is -1.42. The van der Waals surface area contributed by atoms with E-state index in [1.807, 2.05) is 0 Å². The molecule has 4 nitrogen and oxygen atoms in total. The maximum atomic E-state index is 12.7. The molecule has 0 unspecified atom stereocenters. The average molecular weight is 353 g/mol. The second kappa shape index (κ2) is 5.13. The van der Waals surface area contributed by atoms with Gasteiger partial charge in [0, 0.05) is 5.69 Å². The smallest absolute Gasteiger partial charge is 0.416 e. The number of fused-ring (bicyclic) bond motifs is 7. The number of ether oxygens (including phenoxy) is 2. The number of carbonyl (C=O) groups excluding carboxylic acids is 1. The van der Waals surface area contributed by atoms with Gasteiger partial charge < -0.3 is 9.47 Å². The molecule has 134 valence electrons. The van der Waals surface area contributed by atoms with Gasteiger partial charge in [0.05, 0.1) is 17.8 Å². The molecule has 4 fully saturated rings. The van der Waals surface area contributed by atoms with Gasteiger partial charge in [-0.15, -0.1) is 0 Å². The SMILES string of the molecule is O=C(Nc1cccc(C(F)(F)F)c1)O[C@@H]1C[C@@H]2C[C@@H]1[C@H]1C[C@H]3O[C@@H]3[C@H]21. The van der Waals surface area contributed by atoms with Gasteiger partial charge in [-0.05, 0) is 61.1 Å². The Morgan fingerprint density at radius 3 is 2.84 bits per heavy atom. The van der Waals surface area contributed by atoms with Gasteiger partial charge in [-0.2, -0.15) is 13.2 Å². The lowest BCUT2D eigenvalue weighted by atomic mass is 9.79. The molecule has 4 aliphatic rings. The summed E-state index contributed by atoms with van der Waals surface area (Å²) in [6.45, 7) is 0. The molecule has 1 aromatic rings. The Balaban J connectivity index is 1.22. The second-order valence-corrected chi connectivity index (χ2v) is 7.66. The highest BCUT2D eigenvalue weighted by Gasteiger charge is 2.67. The van der Waals surface area contributed by atoms with Crippen molar-refractivity contribution in [3.05, 3.63) is 29.8 Å². The summed E-state index contributed by atoms with van der Waals surface area (Å²) in [7, 11) is 0.